The van der Waals surface area contributed by atoms with Gasteiger partial charge in [0.25, 0.3) is 5.91 Å². The van der Waals surface area contributed by atoms with E-state index >= 15 is 0 Å². The molecule has 4 rings (SSSR count). The minimum Gasteiger partial charge on any atom is -0.492 e. The first-order chi connectivity index (χ1) is 13.3. The van der Waals surface area contributed by atoms with Gasteiger partial charge in [-0.1, -0.05) is 30.3 Å². The summed E-state index contributed by atoms with van der Waals surface area (Å²) >= 11 is 0. The molecule has 0 saturated carbocycles. The Hall–Kier alpha value is -3.41. The molecule has 1 N–H and O–H groups in total. The van der Waals surface area contributed by atoms with E-state index in [-0.39, 0.29) is 11.6 Å². The normalized spacial score (nSPS) is 12.6. The van der Waals surface area contributed by atoms with Crippen LogP contribution in [0.1, 0.15) is 23.0 Å². The lowest BCUT2D eigenvalue weighted by molar-refractivity contribution is 0.102. The van der Waals surface area contributed by atoms with Crippen molar-refractivity contribution in [2.45, 2.75) is 13.3 Å². The first-order valence-corrected chi connectivity index (χ1v) is 8.97. The van der Waals surface area contributed by atoms with Crippen molar-refractivity contribution < 1.29 is 9.53 Å². The Balaban J connectivity index is 1.51. The van der Waals surface area contributed by atoms with Crippen LogP contribution in [0.2, 0.25) is 0 Å². The summed E-state index contributed by atoms with van der Waals surface area (Å²) in [6.45, 7) is 3.29. The number of anilines is 3. The second-order valence-electron chi connectivity index (χ2n) is 6.17. The molecule has 0 radical (unpaired) electrons. The molecule has 0 bridgehead atoms. The molecule has 1 amide bonds. The number of carbonyl (C=O) groups excluding carboxylic acids is 1. The van der Waals surface area contributed by atoms with Crippen LogP contribution in [0.25, 0.3) is 0 Å². The van der Waals surface area contributed by atoms with Gasteiger partial charge in [0.05, 0.1) is 24.7 Å². The molecule has 6 nitrogen and oxygen atoms in total. The van der Waals surface area contributed by atoms with E-state index in [9.17, 15) is 4.79 Å². The highest BCUT2D eigenvalue weighted by Gasteiger charge is 2.21. The Morgan fingerprint density at radius 2 is 1.93 bits per heavy atom. The Bertz CT molecular complexity index is 956. The van der Waals surface area contributed by atoms with E-state index in [4.69, 9.17) is 4.74 Å². The van der Waals surface area contributed by atoms with Gasteiger partial charge in [0.2, 0.25) is 0 Å². The quantitative estimate of drug-likeness (QED) is 0.749. The highest BCUT2D eigenvalue weighted by Crippen LogP contribution is 2.32. The zero-order valence-corrected chi connectivity index (χ0v) is 15.1. The molecule has 27 heavy (non-hydrogen) atoms. The van der Waals surface area contributed by atoms with E-state index in [0.29, 0.717) is 18.0 Å². The SMILES string of the molecule is CCOc1ccccc1NC(=O)c1cnc(N2CCc3ccccc32)cn1. The first-order valence-electron chi connectivity index (χ1n) is 8.97. The van der Waals surface area contributed by atoms with Gasteiger partial charge in [-0.3, -0.25) is 4.79 Å². The summed E-state index contributed by atoms with van der Waals surface area (Å²) < 4.78 is 5.54. The van der Waals surface area contributed by atoms with E-state index in [2.05, 4.69) is 32.3 Å². The van der Waals surface area contributed by atoms with Crippen LogP contribution >= 0.6 is 0 Å². The van der Waals surface area contributed by atoms with Gasteiger partial charge in [-0.05, 0) is 37.1 Å². The van der Waals surface area contributed by atoms with Gasteiger partial charge in [0, 0.05) is 12.2 Å². The van der Waals surface area contributed by atoms with Crippen molar-refractivity contribution in [2.75, 3.05) is 23.4 Å². The Morgan fingerprint density at radius 3 is 2.74 bits per heavy atom. The van der Waals surface area contributed by atoms with Crippen molar-refractivity contribution in [1.82, 2.24) is 9.97 Å². The molecule has 2 heterocycles. The molecule has 136 valence electrons. The molecular weight excluding hydrogens is 340 g/mol. The van der Waals surface area contributed by atoms with Crippen molar-refractivity contribution in [1.29, 1.82) is 0 Å². The number of ether oxygens (including phenoxy) is 1. The number of hydrogen-bond donors (Lipinski definition) is 1. The second kappa shape index (κ2) is 7.45. The lowest BCUT2D eigenvalue weighted by atomic mass is 10.2. The zero-order valence-electron chi connectivity index (χ0n) is 15.1. The van der Waals surface area contributed by atoms with Crippen LogP contribution in [0, 0.1) is 0 Å². The Labute approximate surface area is 157 Å². The van der Waals surface area contributed by atoms with Gasteiger partial charge in [-0.15, -0.1) is 0 Å². The summed E-state index contributed by atoms with van der Waals surface area (Å²) in [5, 5.41) is 2.84. The first kappa shape index (κ1) is 17.0. The van der Waals surface area contributed by atoms with Gasteiger partial charge >= 0.3 is 0 Å². The monoisotopic (exact) mass is 360 g/mol. The third kappa shape index (κ3) is 3.46. The molecule has 3 aromatic rings. The standard InChI is InChI=1S/C21H20N4O2/c1-2-27-19-10-6-4-8-16(19)24-21(26)17-13-23-20(14-22-17)25-12-11-15-7-3-5-9-18(15)25/h3-10,13-14H,2,11-12H2,1H3,(H,24,26). The summed E-state index contributed by atoms with van der Waals surface area (Å²) in [6, 6.07) is 15.6. The van der Waals surface area contributed by atoms with Gasteiger partial charge in [0.15, 0.2) is 5.82 Å². The Kier molecular flexibility index (Phi) is 4.70. The minimum absolute atomic E-state index is 0.262. The molecule has 0 unspecified atom stereocenters. The number of hydrogen-bond acceptors (Lipinski definition) is 5. The molecule has 0 aliphatic carbocycles. The van der Waals surface area contributed by atoms with E-state index in [1.807, 2.05) is 37.3 Å². The number of benzene rings is 2. The van der Waals surface area contributed by atoms with Gasteiger partial charge < -0.3 is 15.0 Å². The number of aromatic nitrogens is 2. The average Bonchev–Trinajstić information content (AvgIpc) is 3.14. The zero-order chi connectivity index (χ0) is 18.6. The van der Waals surface area contributed by atoms with Crippen LogP contribution in [0.3, 0.4) is 0 Å². The van der Waals surface area contributed by atoms with E-state index in [0.717, 1.165) is 24.5 Å². The van der Waals surface area contributed by atoms with Gasteiger partial charge in [-0.25, -0.2) is 9.97 Å². The molecular formula is C21H20N4O2. The molecule has 6 heteroatoms. The number of nitrogens with one attached hydrogen (secondary N) is 1. The average molecular weight is 360 g/mol. The maximum absolute atomic E-state index is 12.5. The molecule has 0 fully saturated rings. The maximum atomic E-state index is 12.5. The van der Waals surface area contributed by atoms with Crippen molar-refractivity contribution in [3.63, 3.8) is 0 Å². The van der Waals surface area contributed by atoms with E-state index in [1.165, 1.54) is 11.8 Å². The highest BCUT2D eigenvalue weighted by molar-refractivity contribution is 6.03. The van der Waals surface area contributed by atoms with Crippen LogP contribution in [-0.2, 0) is 6.42 Å². The van der Waals surface area contributed by atoms with Crippen LogP contribution in [-0.4, -0.2) is 29.0 Å². The van der Waals surface area contributed by atoms with Gasteiger partial charge in [0.1, 0.15) is 11.4 Å². The number of amides is 1. The number of nitrogens with zero attached hydrogens (tertiary/aromatic N) is 3. The largest absolute Gasteiger partial charge is 0.492 e. The van der Waals surface area contributed by atoms with Crippen molar-refractivity contribution in [3.05, 3.63) is 72.2 Å². The summed E-state index contributed by atoms with van der Waals surface area (Å²) in [6.07, 6.45) is 4.13. The Morgan fingerprint density at radius 1 is 1.11 bits per heavy atom. The molecule has 1 aromatic heterocycles. The smallest absolute Gasteiger partial charge is 0.275 e. The maximum Gasteiger partial charge on any atom is 0.275 e. The number of carbonyl (C=O) groups is 1. The van der Waals surface area contributed by atoms with Crippen molar-refractivity contribution >= 4 is 23.1 Å². The van der Waals surface area contributed by atoms with Crippen LogP contribution in [0.5, 0.6) is 5.75 Å². The number of para-hydroxylation sites is 3. The lowest BCUT2D eigenvalue weighted by Gasteiger charge is -2.18. The molecule has 1 aliphatic heterocycles. The third-order valence-corrected chi connectivity index (χ3v) is 4.47. The predicted octanol–water partition coefficient (Wildman–Crippen LogP) is 3.82. The van der Waals surface area contributed by atoms with Crippen LogP contribution in [0.4, 0.5) is 17.2 Å². The molecule has 2 aromatic carbocycles. The van der Waals surface area contributed by atoms with Gasteiger partial charge in [-0.2, -0.15) is 0 Å². The summed E-state index contributed by atoms with van der Waals surface area (Å²) in [7, 11) is 0. The highest BCUT2D eigenvalue weighted by atomic mass is 16.5. The number of rotatable bonds is 5. The predicted molar refractivity (Wildman–Crippen MR) is 105 cm³/mol. The van der Waals surface area contributed by atoms with Crippen molar-refractivity contribution in [2.24, 2.45) is 0 Å². The minimum atomic E-state index is -0.317. The van der Waals surface area contributed by atoms with E-state index < -0.39 is 0 Å². The summed E-state index contributed by atoms with van der Waals surface area (Å²) in [5.41, 5.74) is 3.32. The third-order valence-electron chi connectivity index (χ3n) is 4.47. The molecule has 0 spiro atoms. The fraction of sp³-hybridized carbons (Fsp3) is 0.190. The second-order valence-corrected chi connectivity index (χ2v) is 6.17. The molecule has 0 saturated heterocycles. The summed E-state index contributed by atoms with van der Waals surface area (Å²) in [5.74, 6) is 1.06. The topological polar surface area (TPSA) is 67.3 Å². The molecule has 0 atom stereocenters. The van der Waals surface area contributed by atoms with Crippen molar-refractivity contribution in [3.8, 4) is 5.75 Å². The number of fused-ring (bicyclic) bond motifs is 1. The van der Waals surface area contributed by atoms with Crippen LogP contribution < -0.4 is 15.0 Å². The summed E-state index contributed by atoms with van der Waals surface area (Å²) in [4.78, 5) is 23.4. The van der Waals surface area contributed by atoms with E-state index in [1.54, 1.807) is 12.3 Å². The lowest BCUT2D eigenvalue weighted by Crippen LogP contribution is -2.18. The fourth-order valence-electron chi connectivity index (χ4n) is 3.19. The fourth-order valence-corrected chi connectivity index (χ4v) is 3.19. The van der Waals surface area contributed by atoms with Crippen LogP contribution in [0.15, 0.2) is 60.9 Å². The molecule has 1 aliphatic rings.